The van der Waals surface area contributed by atoms with Crippen LogP contribution in [0.5, 0.6) is 0 Å². The van der Waals surface area contributed by atoms with Gasteiger partial charge in [-0.2, -0.15) is 0 Å². The molecule has 2 atom stereocenters. The van der Waals surface area contributed by atoms with E-state index in [4.69, 9.17) is 0 Å². The van der Waals surface area contributed by atoms with Crippen molar-refractivity contribution >= 4 is 29.4 Å². The second kappa shape index (κ2) is 11.5. The Morgan fingerprint density at radius 1 is 1.05 bits per heavy atom. The number of fused-ring (bicyclic) bond motifs is 1. The van der Waals surface area contributed by atoms with Crippen molar-refractivity contribution in [2.24, 2.45) is 4.99 Å². The summed E-state index contributed by atoms with van der Waals surface area (Å²) in [4.78, 5) is 32.9. The molecule has 2 amide bonds. The van der Waals surface area contributed by atoms with Crippen LogP contribution in [0.2, 0.25) is 0 Å². The van der Waals surface area contributed by atoms with Crippen molar-refractivity contribution in [3.63, 3.8) is 0 Å². The Bertz CT molecular complexity index is 1260. The molecular weight excluding hydrogens is 460 g/mol. The van der Waals surface area contributed by atoms with E-state index in [1.807, 2.05) is 42.5 Å². The minimum Gasteiger partial charge on any atom is -0.345 e. The first-order valence-electron chi connectivity index (χ1n) is 13.3. The number of rotatable bonds is 8. The predicted octanol–water partition coefficient (Wildman–Crippen LogP) is 5.99. The molecule has 0 aliphatic carbocycles. The number of piperidine rings is 1. The van der Waals surface area contributed by atoms with Gasteiger partial charge in [0.1, 0.15) is 5.92 Å². The van der Waals surface area contributed by atoms with Crippen LogP contribution < -0.4 is 10.6 Å². The average molecular weight is 495 g/mol. The number of nitrogens with one attached hydrogen (secondary N) is 2. The maximum atomic E-state index is 13.1. The topological polar surface area (TPSA) is 73.8 Å². The number of likely N-dealkylation sites (tertiary alicyclic amines) is 1. The van der Waals surface area contributed by atoms with Gasteiger partial charge in [-0.3, -0.25) is 19.5 Å². The number of amides is 2. The third-order valence-electron chi connectivity index (χ3n) is 7.27. The lowest BCUT2D eigenvalue weighted by Crippen LogP contribution is -2.28. The fourth-order valence-electron chi connectivity index (χ4n) is 5.15. The summed E-state index contributed by atoms with van der Waals surface area (Å²) in [6.07, 6.45) is 6.36. The van der Waals surface area contributed by atoms with Crippen molar-refractivity contribution in [1.82, 2.24) is 10.2 Å². The van der Waals surface area contributed by atoms with Gasteiger partial charge in [-0.25, -0.2) is 0 Å². The summed E-state index contributed by atoms with van der Waals surface area (Å²) in [6, 6.07) is 23.5. The molecular formula is C31H34N4O2. The van der Waals surface area contributed by atoms with Crippen LogP contribution in [0.15, 0.2) is 77.8 Å². The first kappa shape index (κ1) is 24.9. The van der Waals surface area contributed by atoms with Crippen molar-refractivity contribution in [1.29, 1.82) is 0 Å². The summed E-state index contributed by atoms with van der Waals surface area (Å²) in [5, 5.41) is 6.04. The second-order valence-electron chi connectivity index (χ2n) is 9.90. The largest absolute Gasteiger partial charge is 0.345 e. The van der Waals surface area contributed by atoms with E-state index in [0.717, 1.165) is 35.5 Å². The molecule has 0 bridgehead atoms. The highest BCUT2D eigenvalue weighted by Gasteiger charge is 2.30. The zero-order chi connectivity index (χ0) is 25.6. The predicted molar refractivity (Wildman–Crippen MR) is 148 cm³/mol. The Labute approximate surface area is 218 Å². The molecule has 0 radical (unpaired) electrons. The fraction of sp³-hybridized carbons (Fsp3) is 0.323. The van der Waals surface area contributed by atoms with Gasteiger partial charge in [-0.1, -0.05) is 55.8 Å². The first-order valence-corrected chi connectivity index (χ1v) is 13.3. The van der Waals surface area contributed by atoms with Crippen LogP contribution in [0, 0.1) is 0 Å². The molecule has 0 saturated carbocycles. The lowest BCUT2D eigenvalue weighted by Gasteiger charge is -2.26. The van der Waals surface area contributed by atoms with E-state index in [1.54, 1.807) is 24.4 Å². The molecule has 1 unspecified atom stereocenters. The molecule has 190 valence electrons. The quantitative estimate of drug-likeness (QED) is 0.378. The van der Waals surface area contributed by atoms with Crippen molar-refractivity contribution < 1.29 is 9.59 Å². The molecule has 5 rings (SSSR count). The third kappa shape index (κ3) is 5.97. The molecule has 3 aromatic rings. The highest BCUT2D eigenvalue weighted by Crippen LogP contribution is 2.33. The number of carbonyl (C=O) groups excluding carboxylic acids is 2. The van der Waals surface area contributed by atoms with Crippen LogP contribution in [-0.4, -0.2) is 36.0 Å². The molecule has 1 fully saturated rings. The number of aliphatic imine (C=N–C) groups is 1. The molecule has 2 heterocycles. The molecule has 6 nitrogen and oxygen atoms in total. The summed E-state index contributed by atoms with van der Waals surface area (Å²) in [6.45, 7) is 5.36. The van der Waals surface area contributed by atoms with Crippen LogP contribution >= 0.6 is 0 Å². The Hall–Kier alpha value is -3.77. The van der Waals surface area contributed by atoms with Gasteiger partial charge in [0, 0.05) is 24.0 Å². The lowest BCUT2D eigenvalue weighted by atomic mass is 9.98. The van der Waals surface area contributed by atoms with Crippen LogP contribution in [-0.2, 0) is 11.3 Å². The summed E-state index contributed by atoms with van der Waals surface area (Å²) in [5.41, 5.74) is 5.20. The zero-order valence-corrected chi connectivity index (χ0v) is 21.3. The summed E-state index contributed by atoms with van der Waals surface area (Å²) < 4.78 is 0. The SMILES string of the molecule is CC[C@H](NC(=O)c1ccc2c(c1)C(C=Nc1ccc(CN3CCCCC3)cc1)C(=O)N2)c1ccccc1. The van der Waals surface area contributed by atoms with Crippen molar-refractivity contribution in [3.05, 3.63) is 95.1 Å². The molecule has 6 heteroatoms. The van der Waals surface area contributed by atoms with Crippen LogP contribution in [0.3, 0.4) is 0 Å². The van der Waals surface area contributed by atoms with Gasteiger partial charge in [0.25, 0.3) is 5.91 Å². The number of carbonyl (C=O) groups is 2. The van der Waals surface area contributed by atoms with E-state index < -0.39 is 5.92 Å². The van der Waals surface area contributed by atoms with Crippen LogP contribution in [0.1, 0.15) is 71.6 Å². The van der Waals surface area contributed by atoms with Gasteiger partial charge in [0.2, 0.25) is 5.91 Å². The van der Waals surface area contributed by atoms with Crippen LogP contribution in [0.4, 0.5) is 11.4 Å². The van der Waals surface area contributed by atoms with Gasteiger partial charge in [0.05, 0.1) is 11.7 Å². The molecule has 2 aliphatic rings. The van der Waals surface area contributed by atoms with Gasteiger partial charge in [-0.15, -0.1) is 0 Å². The molecule has 2 N–H and O–H groups in total. The van der Waals surface area contributed by atoms with E-state index in [2.05, 4.69) is 39.6 Å². The van der Waals surface area contributed by atoms with Crippen molar-refractivity contribution in [3.8, 4) is 0 Å². The minimum absolute atomic E-state index is 0.0723. The molecule has 1 saturated heterocycles. The van der Waals surface area contributed by atoms with Crippen LogP contribution in [0.25, 0.3) is 0 Å². The molecule has 3 aromatic carbocycles. The summed E-state index contributed by atoms with van der Waals surface area (Å²) in [7, 11) is 0. The van der Waals surface area contributed by atoms with E-state index in [1.165, 1.54) is 37.9 Å². The van der Waals surface area contributed by atoms with Gasteiger partial charge < -0.3 is 10.6 Å². The average Bonchev–Trinajstić information content (AvgIpc) is 3.26. The number of nitrogens with zero attached hydrogens (tertiary/aromatic N) is 2. The van der Waals surface area contributed by atoms with Gasteiger partial charge in [0.15, 0.2) is 0 Å². The minimum atomic E-state index is -0.535. The number of anilines is 1. The van der Waals surface area contributed by atoms with E-state index >= 15 is 0 Å². The van der Waals surface area contributed by atoms with E-state index in [9.17, 15) is 9.59 Å². The Kier molecular flexibility index (Phi) is 7.76. The smallest absolute Gasteiger partial charge is 0.251 e. The Morgan fingerprint density at radius 2 is 1.81 bits per heavy atom. The number of benzene rings is 3. The zero-order valence-electron chi connectivity index (χ0n) is 21.3. The Balaban J connectivity index is 1.27. The van der Waals surface area contributed by atoms with E-state index in [0.29, 0.717) is 5.56 Å². The second-order valence-corrected chi connectivity index (χ2v) is 9.90. The number of hydrogen-bond donors (Lipinski definition) is 2. The monoisotopic (exact) mass is 494 g/mol. The fourth-order valence-corrected chi connectivity index (χ4v) is 5.15. The van der Waals surface area contributed by atoms with Gasteiger partial charge in [-0.05, 0) is 79.4 Å². The normalized spacial score (nSPS) is 18.4. The lowest BCUT2D eigenvalue weighted by molar-refractivity contribution is -0.115. The number of hydrogen-bond acceptors (Lipinski definition) is 4. The molecule has 0 aromatic heterocycles. The van der Waals surface area contributed by atoms with Gasteiger partial charge >= 0.3 is 0 Å². The standard InChI is InChI=1S/C31H34N4O2/c1-2-28(23-9-5-3-6-10-23)33-30(36)24-13-16-29-26(19-24)27(31(37)34-29)20-32-25-14-11-22(12-15-25)21-35-17-7-4-8-18-35/h3,5-6,9-16,19-20,27-28H,2,4,7-8,17-18,21H2,1H3,(H,33,36)(H,34,37)/t27?,28-/m0/s1. The maximum Gasteiger partial charge on any atom is 0.251 e. The van der Waals surface area contributed by atoms with Crippen molar-refractivity contribution in [2.75, 3.05) is 18.4 Å². The summed E-state index contributed by atoms with van der Waals surface area (Å²) >= 11 is 0. The molecule has 2 aliphatic heterocycles. The highest BCUT2D eigenvalue weighted by molar-refractivity contribution is 6.13. The molecule has 37 heavy (non-hydrogen) atoms. The van der Waals surface area contributed by atoms with E-state index in [-0.39, 0.29) is 17.9 Å². The van der Waals surface area contributed by atoms with Crippen molar-refractivity contribution in [2.45, 2.75) is 51.1 Å². The Morgan fingerprint density at radius 3 is 2.54 bits per heavy atom. The third-order valence-corrected chi connectivity index (χ3v) is 7.27. The molecule has 0 spiro atoms. The highest BCUT2D eigenvalue weighted by atomic mass is 16.2. The maximum absolute atomic E-state index is 13.1. The summed E-state index contributed by atoms with van der Waals surface area (Å²) in [5.74, 6) is -0.821. The first-order chi connectivity index (χ1) is 18.1.